The van der Waals surface area contributed by atoms with Gasteiger partial charge in [0, 0.05) is 0 Å². The molecule has 0 aromatic heterocycles. The van der Waals surface area contributed by atoms with Crippen LogP contribution in [0, 0.1) is 23.7 Å². The summed E-state index contributed by atoms with van der Waals surface area (Å²) in [6, 6.07) is 0. The molecule has 0 spiro atoms. The summed E-state index contributed by atoms with van der Waals surface area (Å²) in [5, 5.41) is 19.3. The molecule has 3 aliphatic carbocycles. The lowest BCUT2D eigenvalue weighted by Gasteiger charge is -2.25. The SMILES string of the molecule is OC1CC2C3CCC(C3)C2C1O. The molecule has 0 aliphatic heterocycles. The highest BCUT2D eigenvalue weighted by Gasteiger charge is 2.55. The number of hydrogen-bond acceptors (Lipinski definition) is 2. The molecular formula is C10H16O2. The maximum atomic E-state index is 9.74. The van der Waals surface area contributed by atoms with Gasteiger partial charge in [0.15, 0.2) is 0 Å². The molecule has 0 aromatic carbocycles. The van der Waals surface area contributed by atoms with Gasteiger partial charge in [0.1, 0.15) is 0 Å². The molecule has 0 aromatic rings. The van der Waals surface area contributed by atoms with E-state index in [2.05, 4.69) is 0 Å². The summed E-state index contributed by atoms with van der Waals surface area (Å²) in [5.74, 6) is 2.70. The molecule has 2 bridgehead atoms. The summed E-state index contributed by atoms with van der Waals surface area (Å²) in [6.07, 6.45) is 4.04. The van der Waals surface area contributed by atoms with Gasteiger partial charge in [-0.3, -0.25) is 0 Å². The van der Waals surface area contributed by atoms with Gasteiger partial charge in [-0.25, -0.2) is 0 Å². The van der Waals surface area contributed by atoms with Crippen LogP contribution in [-0.2, 0) is 0 Å². The average Bonchev–Trinajstić information content (AvgIpc) is 2.66. The van der Waals surface area contributed by atoms with Crippen molar-refractivity contribution in [2.45, 2.75) is 37.9 Å². The number of fused-ring (bicyclic) bond motifs is 5. The topological polar surface area (TPSA) is 40.5 Å². The molecule has 0 heterocycles. The predicted molar refractivity (Wildman–Crippen MR) is 44.4 cm³/mol. The fourth-order valence-electron chi connectivity index (χ4n) is 4.01. The fourth-order valence-corrected chi connectivity index (χ4v) is 4.01. The van der Waals surface area contributed by atoms with Gasteiger partial charge in [-0.2, -0.15) is 0 Å². The summed E-state index contributed by atoms with van der Waals surface area (Å²) in [5.41, 5.74) is 0. The Morgan fingerprint density at radius 3 is 2.42 bits per heavy atom. The molecule has 2 nitrogen and oxygen atoms in total. The molecule has 3 rings (SSSR count). The molecule has 3 saturated carbocycles. The summed E-state index contributed by atoms with van der Waals surface area (Å²) >= 11 is 0. The largest absolute Gasteiger partial charge is 0.390 e. The van der Waals surface area contributed by atoms with E-state index in [-0.39, 0.29) is 0 Å². The van der Waals surface area contributed by atoms with Gasteiger partial charge in [0.2, 0.25) is 0 Å². The van der Waals surface area contributed by atoms with Crippen molar-refractivity contribution in [2.75, 3.05) is 0 Å². The fraction of sp³-hybridized carbons (Fsp3) is 1.00. The van der Waals surface area contributed by atoms with E-state index in [4.69, 9.17) is 0 Å². The number of aliphatic hydroxyl groups is 2. The van der Waals surface area contributed by atoms with Crippen molar-refractivity contribution in [1.29, 1.82) is 0 Å². The Balaban J connectivity index is 1.90. The lowest BCUT2D eigenvalue weighted by molar-refractivity contribution is 0.00654. The third-order valence-electron chi connectivity index (χ3n) is 4.46. The van der Waals surface area contributed by atoms with Crippen LogP contribution < -0.4 is 0 Å². The average molecular weight is 168 g/mol. The molecule has 6 atom stereocenters. The first-order valence-corrected chi connectivity index (χ1v) is 5.13. The van der Waals surface area contributed by atoms with Crippen LogP contribution in [0.5, 0.6) is 0 Å². The molecule has 2 heteroatoms. The van der Waals surface area contributed by atoms with E-state index in [0.29, 0.717) is 11.8 Å². The summed E-state index contributed by atoms with van der Waals surface area (Å²) in [4.78, 5) is 0. The maximum Gasteiger partial charge on any atom is 0.0832 e. The van der Waals surface area contributed by atoms with Crippen molar-refractivity contribution >= 4 is 0 Å². The van der Waals surface area contributed by atoms with E-state index in [0.717, 1.165) is 18.3 Å². The number of rotatable bonds is 0. The van der Waals surface area contributed by atoms with E-state index in [9.17, 15) is 10.2 Å². The Hall–Kier alpha value is -0.0800. The minimum absolute atomic E-state index is 0.398. The first-order valence-electron chi connectivity index (χ1n) is 5.13. The molecule has 3 aliphatic rings. The third kappa shape index (κ3) is 0.728. The zero-order valence-corrected chi connectivity index (χ0v) is 7.19. The minimum atomic E-state index is -0.414. The van der Waals surface area contributed by atoms with Gasteiger partial charge in [-0.1, -0.05) is 0 Å². The van der Waals surface area contributed by atoms with Crippen molar-refractivity contribution < 1.29 is 10.2 Å². The standard InChI is InChI=1S/C10H16O2/c11-8-4-7-5-1-2-6(3-5)9(7)10(8)12/h5-12H,1-4H2. The molecule has 2 N–H and O–H groups in total. The predicted octanol–water partition coefficient (Wildman–Crippen LogP) is 0.774. The van der Waals surface area contributed by atoms with Crippen LogP contribution in [0.15, 0.2) is 0 Å². The highest BCUT2D eigenvalue weighted by atomic mass is 16.3. The first kappa shape index (κ1) is 7.34. The van der Waals surface area contributed by atoms with Gasteiger partial charge in [0.25, 0.3) is 0 Å². The van der Waals surface area contributed by atoms with Crippen LogP contribution in [0.25, 0.3) is 0 Å². The Kier molecular flexibility index (Phi) is 1.37. The second-order valence-electron chi connectivity index (χ2n) is 4.87. The lowest BCUT2D eigenvalue weighted by Crippen LogP contribution is -2.29. The monoisotopic (exact) mass is 168 g/mol. The Morgan fingerprint density at radius 2 is 1.67 bits per heavy atom. The Morgan fingerprint density at radius 1 is 0.917 bits per heavy atom. The van der Waals surface area contributed by atoms with Gasteiger partial charge in [-0.15, -0.1) is 0 Å². The second kappa shape index (κ2) is 2.24. The third-order valence-corrected chi connectivity index (χ3v) is 4.46. The summed E-state index contributed by atoms with van der Waals surface area (Å²) in [7, 11) is 0. The Bertz CT molecular complexity index is 202. The van der Waals surface area contributed by atoms with Gasteiger partial charge in [-0.05, 0) is 49.4 Å². The lowest BCUT2D eigenvalue weighted by atomic mass is 9.81. The van der Waals surface area contributed by atoms with E-state index < -0.39 is 12.2 Å². The number of aliphatic hydroxyl groups excluding tert-OH is 2. The summed E-state index contributed by atoms with van der Waals surface area (Å²) < 4.78 is 0. The van der Waals surface area contributed by atoms with Crippen molar-refractivity contribution in [3.8, 4) is 0 Å². The van der Waals surface area contributed by atoms with Crippen LogP contribution in [0.3, 0.4) is 0 Å². The van der Waals surface area contributed by atoms with Crippen molar-refractivity contribution in [1.82, 2.24) is 0 Å². The first-order chi connectivity index (χ1) is 5.77. The highest BCUT2D eigenvalue weighted by Crippen LogP contribution is 2.58. The summed E-state index contributed by atoms with van der Waals surface area (Å²) in [6.45, 7) is 0. The molecule has 0 saturated heterocycles. The molecule has 0 radical (unpaired) electrons. The molecule has 0 amide bonds. The zero-order valence-electron chi connectivity index (χ0n) is 7.19. The molecule has 68 valence electrons. The smallest absolute Gasteiger partial charge is 0.0832 e. The van der Waals surface area contributed by atoms with Crippen LogP contribution in [-0.4, -0.2) is 22.4 Å². The second-order valence-corrected chi connectivity index (χ2v) is 4.87. The van der Waals surface area contributed by atoms with E-state index in [1.54, 1.807) is 0 Å². The quantitative estimate of drug-likeness (QED) is 0.561. The van der Waals surface area contributed by atoms with E-state index in [1.807, 2.05) is 0 Å². The van der Waals surface area contributed by atoms with Gasteiger partial charge < -0.3 is 10.2 Å². The maximum absolute atomic E-state index is 9.74. The van der Waals surface area contributed by atoms with Crippen LogP contribution in [0.1, 0.15) is 25.7 Å². The molecular weight excluding hydrogens is 152 g/mol. The van der Waals surface area contributed by atoms with Crippen molar-refractivity contribution in [3.63, 3.8) is 0 Å². The van der Waals surface area contributed by atoms with Crippen LogP contribution in [0.4, 0.5) is 0 Å². The van der Waals surface area contributed by atoms with E-state index in [1.165, 1.54) is 19.3 Å². The Labute approximate surface area is 72.6 Å². The number of hydrogen-bond donors (Lipinski definition) is 2. The minimum Gasteiger partial charge on any atom is -0.390 e. The molecule has 3 fully saturated rings. The van der Waals surface area contributed by atoms with Gasteiger partial charge in [0.05, 0.1) is 12.2 Å². The van der Waals surface area contributed by atoms with Crippen molar-refractivity contribution in [2.24, 2.45) is 23.7 Å². The van der Waals surface area contributed by atoms with Crippen LogP contribution in [0.2, 0.25) is 0 Å². The normalized spacial score (nSPS) is 62.5. The van der Waals surface area contributed by atoms with Crippen LogP contribution >= 0.6 is 0 Å². The highest BCUT2D eigenvalue weighted by molar-refractivity contribution is 5.05. The zero-order chi connectivity index (χ0) is 8.29. The molecule has 6 unspecified atom stereocenters. The van der Waals surface area contributed by atoms with Crippen molar-refractivity contribution in [3.05, 3.63) is 0 Å². The van der Waals surface area contributed by atoms with Gasteiger partial charge >= 0.3 is 0 Å². The van der Waals surface area contributed by atoms with E-state index >= 15 is 0 Å². The molecule has 12 heavy (non-hydrogen) atoms.